The number of hydrogen-bond donors (Lipinski definition) is 2. The predicted octanol–water partition coefficient (Wildman–Crippen LogP) is 9.76. The van der Waals surface area contributed by atoms with Gasteiger partial charge in [0.15, 0.2) is 12.2 Å². The molecule has 0 aliphatic carbocycles. The van der Waals surface area contributed by atoms with Gasteiger partial charge in [-0.2, -0.15) is 0 Å². The molecule has 0 fully saturated rings. The van der Waals surface area contributed by atoms with Gasteiger partial charge in [-0.25, -0.2) is 0 Å². The summed E-state index contributed by atoms with van der Waals surface area (Å²) < 4.78 is 10.7. The van der Waals surface area contributed by atoms with E-state index in [4.69, 9.17) is 9.47 Å². The largest absolute Gasteiger partial charge is 0.456 e. The van der Waals surface area contributed by atoms with Crippen molar-refractivity contribution >= 4 is 11.9 Å². The van der Waals surface area contributed by atoms with Gasteiger partial charge < -0.3 is 19.7 Å². The van der Waals surface area contributed by atoms with E-state index in [0.29, 0.717) is 0 Å². The van der Waals surface area contributed by atoms with Crippen LogP contribution in [-0.4, -0.2) is 47.6 Å². The molecule has 0 bridgehead atoms. The Bertz CT molecular complexity index is 531. The first-order valence-electron chi connectivity index (χ1n) is 18.2. The Kier molecular flexibility index (Phi) is 31.9. The van der Waals surface area contributed by atoms with Crippen molar-refractivity contribution in [1.82, 2.24) is 0 Å². The fourth-order valence-electron chi connectivity index (χ4n) is 5.49. The summed E-state index contributed by atoms with van der Waals surface area (Å²) in [5.41, 5.74) is 0. The molecule has 0 aliphatic rings. The zero-order chi connectivity index (χ0) is 30.9. The van der Waals surface area contributed by atoms with Crippen molar-refractivity contribution in [2.24, 2.45) is 0 Å². The van der Waals surface area contributed by atoms with Gasteiger partial charge in [-0.15, -0.1) is 0 Å². The minimum atomic E-state index is -1.03. The minimum Gasteiger partial charge on any atom is -0.456 e. The van der Waals surface area contributed by atoms with Crippen molar-refractivity contribution in [3.63, 3.8) is 0 Å². The van der Waals surface area contributed by atoms with E-state index in [9.17, 15) is 19.8 Å². The Morgan fingerprint density at radius 2 is 0.619 bits per heavy atom. The summed E-state index contributed by atoms with van der Waals surface area (Å²) in [7, 11) is 0. The van der Waals surface area contributed by atoms with Gasteiger partial charge in [0.05, 0.1) is 13.2 Å². The van der Waals surface area contributed by atoms with Crippen molar-refractivity contribution in [2.45, 2.75) is 206 Å². The Morgan fingerprint density at radius 3 is 0.833 bits per heavy atom. The van der Waals surface area contributed by atoms with Crippen LogP contribution in [0.1, 0.15) is 194 Å². The van der Waals surface area contributed by atoms with Crippen molar-refractivity contribution in [1.29, 1.82) is 0 Å². The van der Waals surface area contributed by atoms with Gasteiger partial charge >= 0.3 is 11.9 Å². The number of hydrogen-bond acceptors (Lipinski definition) is 6. The van der Waals surface area contributed by atoms with Crippen LogP contribution in [-0.2, 0) is 19.1 Å². The number of carbonyl (C=O) groups is 2. The molecular weight excluding hydrogens is 528 g/mol. The highest BCUT2D eigenvalue weighted by Gasteiger charge is 2.27. The van der Waals surface area contributed by atoms with E-state index in [2.05, 4.69) is 13.8 Å². The molecule has 0 rings (SSSR count). The first-order valence-corrected chi connectivity index (χ1v) is 18.2. The summed E-state index contributed by atoms with van der Waals surface area (Å²) in [6.45, 7) is 3.54. The minimum absolute atomic E-state index is 0.277. The number of ether oxygens (including phenoxy) is 2. The van der Waals surface area contributed by atoms with Gasteiger partial charge in [0.1, 0.15) is 0 Å². The molecule has 0 amide bonds. The molecule has 0 saturated carbocycles. The molecule has 0 heterocycles. The average Bonchev–Trinajstić information content (AvgIpc) is 2.99. The first-order chi connectivity index (χ1) is 20.6. The summed E-state index contributed by atoms with van der Waals surface area (Å²) in [6, 6.07) is 0. The second-order valence-electron chi connectivity index (χ2n) is 12.4. The molecule has 2 atom stereocenters. The van der Waals surface area contributed by atoms with Crippen LogP contribution >= 0.6 is 0 Å². The highest BCUT2D eigenvalue weighted by atomic mass is 16.6. The zero-order valence-electron chi connectivity index (χ0n) is 27.9. The maximum absolute atomic E-state index is 12.3. The van der Waals surface area contributed by atoms with Crippen LogP contribution in [0.15, 0.2) is 0 Å². The van der Waals surface area contributed by atoms with Crippen LogP contribution in [0.25, 0.3) is 0 Å². The van der Waals surface area contributed by atoms with Crippen molar-refractivity contribution in [2.75, 3.05) is 13.2 Å². The third kappa shape index (κ3) is 27.7. The second-order valence-corrected chi connectivity index (χ2v) is 12.4. The highest BCUT2D eigenvalue weighted by molar-refractivity contribution is 5.70. The number of rotatable bonds is 33. The van der Waals surface area contributed by atoms with Crippen molar-refractivity contribution < 1.29 is 29.3 Å². The molecule has 42 heavy (non-hydrogen) atoms. The Balaban J connectivity index is 3.80. The maximum atomic E-state index is 12.3. The molecule has 250 valence electrons. The fourth-order valence-corrected chi connectivity index (χ4v) is 5.49. The Hall–Kier alpha value is -1.14. The number of carbonyl (C=O) groups excluding carboxylic acids is 2. The van der Waals surface area contributed by atoms with Gasteiger partial charge in [-0.05, 0) is 12.8 Å². The SMILES string of the molecule is CCCCCCCCCCCCCCCC(=O)O[C@@H](CO)[C@@H](CO)OC(=O)CCCCCCCCCCCCCCC. The van der Waals surface area contributed by atoms with E-state index in [1.807, 2.05) is 0 Å². The van der Waals surface area contributed by atoms with E-state index in [0.717, 1.165) is 38.5 Å². The van der Waals surface area contributed by atoms with E-state index >= 15 is 0 Å². The lowest BCUT2D eigenvalue weighted by Crippen LogP contribution is -2.40. The van der Waals surface area contributed by atoms with Crippen molar-refractivity contribution in [3.05, 3.63) is 0 Å². The molecule has 6 nitrogen and oxygen atoms in total. The number of unbranched alkanes of at least 4 members (excludes halogenated alkanes) is 24. The zero-order valence-corrected chi connectivity index (χ0v) is 27.9. The molecule has 0 aromatic heterocycles. The summed E-state index contributed by atoms with van der Waals surface area (Å²) in [5.74, 6) is -0.828. The monoisotopic (exact) mass is 599 g/mol. The first kappa shape index (κ1) is 40.9. The predicted molar refractivity (Wildman–Crippen MR) is 175 cm³/mol. The molecular formula is C36H70O6. The second kappa shape index (κ2) is 32.8. The van der Waals surface area contributed by atoms with E-state index in [-0.39, 0.29) is 12.8 Å². The molecule has 0 unspecified atom stereocenters. The molecule has 0 aromatic carbocycles. The normalized spacial score (nSPS) is 12.8. The lowest BCUT2D eigenvalue weighted by molar-refractivity contribution is -0.174. The number of aliphatic hydroxyl groups excluding tert-OH is 2. The van der Waals surface area contributed by atoms with Crippen LogP contribution < -0.4 is 0 Å². The summed E-state index contributed by atoms with van der Waals surface area (Å²) in [5, 5.41) is 19.4. The fraction of sp³-hybridized carbons (Fsp3) is 0.944. The standard InChI is InChI=1S/C36H70O6/c1-3-5-7-9-11-13-15-17-19-21-23-25-27-29-35(39)41-33(31-37)34(32-38)42-36(40)30-28-26-24-22-20-18-16-14-12-10-8-6-4-2/h33-34,37-38H,3-32H2,1-2H3/t33-,34+. The van der Waals surface area contributed by atoms with Crippen LogP contribution in [0.4, 0.5) is 0 Å². The lowest BCUT2D eigenvalue weighted by atomic mass is 10.0. The molecule has 0 saturated heterocycles. The number of aliphatic hydroxyl groups is 2. The lowest BCUT2D eigenvalue weighted by Gasteiger charge is -2.24. The number of esters is 2. The van der Waals surface area contributed by atoms with Gasteiger partial charge in [0.2, 0.25) is 0 Å². The molecule has 0 radical (unpaired) electrons. The summed E-state index contributed by atoms with van der Waals surface area (Å²) in [4.78, 5) is 24.5. The Labute approximate surface area is 260 Å². The molecule has 2 N–H and O–H groups in total. The third-order valence-corrected chi connectivity index (χ3v) is 8.31. The highest BCUT2D eigenvalue weighted by Crippen LogP contribution is 2.16. The molecule has 0 aromatic rings. The molecule has 6 heteroatoms. The maximum Gasteiger partial charge on any atom is 0.306 e. The molecule has 0 aliphatic heterocycles. The van der Waals surface area contributed by atoms with Gasteiger partial charge in [0.25, 0.3) is 0 Å². The van der Waals surface area contributed by atoms with Crippen LogP contribution in [0.2, 0.25) is 0 Å². The van der Waals surface area contributed by atoms with Gasteiger partial charge in [-0.1, -0.05) is 168 Å². The third-order valence-electron chi connectivity index (χ3n) is 8.31. The quantitative estimate of drug-likeness (QED) is 0.0577. The summed E-state index contributed by atoms with van der Waals surface area (Å²) >= 11 is 0. The van der Waals surface area contributed by atoms with Crippen molar-refractivity contribution in [3.8, 4) is 0 Å². The smallest absolute Gasteiger partial charge is 0.306 e. The van der Waals surface area contributed by atoms with Crippen LogP contribution in [0.3, 0.4) is 0 Å². The van der Waals surface area contributed by atoms with Gasteiger partial charge in [0, 0.05) is 12.8 Å². The van der Waals surface area contributed by atoms with E-state index < -0.39 is 37.4 Å². The summed E-state index contributed by atoms with van der Waals surface area (Å²) in [6.07, 6.45) is 30.6. The van der Waals surface area contributed by atoms with E-state index in [1.54, 1.807) is 0 Å². The van der Waals surface area contributed by atoms with Crippen LogP contribution in [0.5, 0.6) is 0 Å². The Morgan fingerprint density at radius 1 is 0.405 bits per heavy atom. The topological polar surface area (TPSA) is 93.1 Å². The van der Waals surface area contributed by atoms with E-state index in [1.165, 1.54) is 128 Å². The molecule has 0 spiro atoms. The van der Waals surface area contributed by atoms with Gasteiger partial charge in [-0.3, -0.25) is 9.59 Å². The van der Waals surface area contributed by atoms with Crippen LogP contribution in [0, 0.1) is 0 Å². The average molecular weight is 599 g/mol.